The Morgan fingerprint density at radius 2 is 1.90 bits per heavy atom. The van der Waals surface area contributed by atoms with E-state index in [1.165, 1.54) is 23.1 Å². The first-order chi connectivity index (χ1) is 13.5. The van der Waals surface area contributed by atoms with Crippen LogP contribution in [0.1, 0.15) is 29.4 Å². The van der Waals surface area contributed by atoms with E-state index < -0.39 is 46.5 Å². The van der Waals surface area contributed by atoms with Crippen LogP contribution in [-0.4, -0.2) is 28.2 Å². The van der Waals surface area contributed by atoms with Gasteiger partial charge in [0.25, 0.3) is 0 Å². The van der Waals surface area contributed by atoms with Crippen LogP contribution in [0.15, 0.2) is 30.3 Å². The highest BCUT2D eigenvalue weighted by Crippen LogP contribution is 2.38. The molecule has 1 aliphatic heterocycles. The summed E-state index contributed by atoms with van der Waals surface area (Å²) in [5.74, 6) is -2.77. The van der Waals surface area contributed by atoms with Gasteiger partial charge >= 0.3 is 6.18 Å². The van der Waals surface area contributed by atoms with Gasteiger partial charge in [0.05, 0.1) is 27.7 Å². The van der Waals surface area contributed by atoms with Crippen molar-refractivity contribution in [3.63, 3.8) is 0 Å². The molecule has 1 aliphatic rings. The Bertz CT molecular complexity index is 984. The predicted octanol–water partition coefficient (Wildman–Crippen LogP) is 3.97. The van der Waals surface area contributed by atoms with E-state index in [1.807, 2.05) is 0 Å². The van der Waals surface area contributed by atoms with Gasteiger partial charge in [-0.25, -0.2) is 9.37 Å². The molecule has 2 N–H and O–H groups in total. The number of amides is 2. The Morgan fingerprint density at radius 3 is 2.45 bits per heavy atom. The fourth-order valence-corrected chi connectivity index (χ4v) is 3.57. The SMILES string of the molecule is NC(=O)C1CC(=O)N([C@H](c2ccc(F)c(Cl)c2)c2ccc(Cl)c(C(F)(F)F)n2)C1. The number of aromatic nitrogens is 1. The third-order valence-electron chi connectivity index (χ3n) is 4.55. The quantitative estimate of drug-likeness (QED) is 0.717. The van der Waals surface area contributed by atoms with E-state index in [2.05, 4.69) is 4.98 Å². The summed E-state index contributed by atoms with van der Waals surface area (Å²) in [5, 5.41) is -0.893. The molecule has 1 aromatic heterocycles. The number of hydrogen-bond acceptors (Lipinski definition) is 3. The summed E-state index contributed by atoms with van der Waals surface area (Å²) < 4.78 is 53.4. The molecule has 2 heterocycles. The number of nitrogens with two attached hydrogens (primary N) is 1. The maximum absolute atomic E-state index is 13.6. The van der Waals surface area contributed by atoms with Crippen molar-refractivity contribution in [1.29, 1.82) is 0 Å². The van der Waals surface area contributed by atoms with E-state index in [0.29, 0.717) is 0 Å². The fourth-order valence-electron chi connectivity index (χ4n) is 3.17. The lowest BCUT2D eigenvalue weighted by atomic mass is 10.0. The summed E-state index contributed by atoms with van der Waals surface area (Å²) in [6, 6.07) is 4.58. The van der Waals surface area contributed by atoms with Gasteiger partial charge in [0.2, 0.25) is 11.8 Å². The molecule has 1 saturated heterocycles. The molecule has 29 heavy (non-hydrogen) atoms. The van der Waals surface area contributed by atoms with E-state index >= 15 is 0 Å². The summed E-state index contributed by atoms with van der Waals surface area (Å²) in [5.41, 5.74) is 4.00. The second-order valence-electron chi connectivity index (χ2n) is 6.49. The number of alkyl halides is 3. The molecule has 0 saturated carbocycles. The van der Waals surface area contributed by atoms with Crippen molar-refractivity contribution in [3.05, 3.63) is 63.1 Å². The fraction of sp³-hybridized carbons (Fsp3) is 0.278. The summed E-state index contributed by atoms with van der Waals surface area (Å²) in [7, 11) is 0. The average molecular weight is 450 g/mol. The summed E-state index contributed by atoms with van der Waals surface area (Å²) in [6.07, 6.45) is -5.02. The smallest absolute Gasteiger partial charge is 0.369 e. The lowest BCUT2D eigenvalue weighted by Gasteiger charge is -2.29. The Kier molecular flexibility index (Phi) is 5.73. The Hall–Kier alpha value is -2.39. The lowest BCUT2D eigenvalue weighted by Crippen LogP contribution is -2.33. The molecular formula is C18H13Cl2F4N3O2. The number of pyridine rings is 1. The maximum atomic E-state index is 13.6. The average Bonchev–Trinajstić information content (AvgIpc) is 3.00. The highest BCUT2D eigenvalue weighted by Gasteiger charge is 2.41. The van der Waals surface area contributed by atoms with Gasteiger partial charge in [-0.1, -0.05) is 29.3 Å². The van der Waals surface area contributed by atoms with Crippen LogP contribution in [0.2, 0.25) is 10.0 Å². The van der Waals surface area contributed by atoms with Gasteiger partial charge in [0, 0.05) is 13.0 Å². The first-order valence-electron chi connectivity index (χ1n) is 8.26. The highest BCUT2D eigenvalue weighted by atomic mass is 35.5. The monoisotopic (exact) mass is 449 g/mol. The molecular weight excluding hydrogens is 437 g/mol. The van der Waals surface area contributed by atoms with Crippen molar-refractivity contribution >= 4 is 35.0 Å². The zero-order chi connectivity index (χ0) is 21.5. The molecule has 2 atom stereocenters. The molecule has 0 radical (unpaired) electrons. The van der Waals surface area contributed by atoms with Gasteiger partial charge in [-0.2, -0.15) is 13.2 Å². The zero-order valence-electron chi connectivity index (χ0n) is 14.5. The molecule has 0 bridgehead atoms. The summed E-state index contributed by atoms with van der Waals surface area (Å²) in [6.45, 7) is -0.126. The predicted molar refractivity (Wildman–Crippen MR) is 96.5 cm³/mol. The minimum absolute atomic E-state index is 0.126. The van der Waals surface area contributed by atoms with Crippen LogP contribution in [0.25, 0.3) is 0 Å². The van der Waals surface area contributed by atoms with Crippen LogP contribution in [0.3, 0.4) is 0 Å². The number of halogens is 6. The second-order valence-corrected chi connectivity index (χ2v) is 7.30. The van der Waals surface area contributed by atoms with Gasteiger partial charge in [-0.15, -0.1) is 0 Å². The summed E-state index contributed by atoms with van der Waals surface area (Å²) in [4.78, 5) is 28.8. The molecule has 0 aliphatic carbocycles. The molecule has 1 fully saturated rings. The molecule has 154 valence electrons. The third-order valence-corrected chi connectivity index (χ3v) is 5.14. The number of primary amides is 1. The Morgan fingerprint density at radius 1 is 1.21 bits per heavy atom. The Labute approximate surface area is 172 Å². The van der Waals surface area contributed by atoms with Gasteiger partial charge in [0.1, 0.15) is 5.82 Å². The number of nitrogens with zero attached hydrogens (tertiary/aromatic N) is 2. The second kappa shape index (κ2) is 7.79. The Balaban J connectivity index is 2.15. The molecule has 1 unspecified atom stereocenters. The van der Waals surface area contributed by atoms with E-state index in [4.69, 9.17) is 28.9 Å². The van der Waals surface area contributed by atoms with Crippen molar-refractivity contribution in [1.82, 2.24) is 9.88 Å². The minimum atomic E-state index is -4.83. The van der Waals surface area contributed by atoms with Crippen LogP contribution in [0, 0.1) is 11.7 Å². The van der Waals surface area contributed by atoms with Gasteiger partial charge in [0.15, 0.2) is 5.69 Å². The largest absolute Gasteiger partial charge is 0.434 e. The van der Waals surface area contributed by atoms with Crippen molar-refractivity contribution in [3.8, 4) is 0 Å². The highest BCUT2D eigenvalue weighted by molar-refractivity contribution is 6.31. The van der Waals surface area contributed by atoms with Crippen LogP contribution in [-0.2, 0) is 15.8 Å². The summed E-state index contributed by atoms with van der Waals surface area (Å²) >= 11 is 11.5. The number of hydrogen-bond donors (Lipinski definition) is 1. The standard InChI is InChI=1S/C18H13Cl2F4N3O2/c19-10-2-4-13(26-16(10)18(22,23)24)15(8-1-3-12(21)11(20)5-8)27-7-9(17(25)29)6-14(27)28/h1-5,9,15H,6-7H2,(H2,25,29)/t9?,15-/m1/s1. The first kappa shape index (κ1) is 21.3. The number of benzene rings is 1. The number of likely N-dealkylation sites (tertiary alicyclic amines) is 1. The van der Waals surface area contributed by atoms with E-state index in [0.717, 1.165) is 12.1 Å². The lowest BCUT2D eigenvalue weighted by molar-refractivity contribution is -0.141. The number of rotatable bonds is 4. The van der Waals surface area contributed by atoms with Gasteiger partial charge in [-0.3, -0.25) is 9.59 Å². The third kappa shape index (κ3) is 4.30. The molecule has 0 spiro atoms. The van der Waals surface area contributed by atoms with Crippen LogP contribution >= 0.6 is 23.2 Å². The molecule has 11 heteroatoms. The minimum Gasteiger partial charge on any atom is -0.369 e. The topological polar surface area (TPSA) is 76.3 Å². The van der Waals surface area contributed by atoms with Gasteiger partial charge in [-0.05, 0) is 29.8 Å². The first-order valence-corrected chi connectivity index (χ1v) is 9.02. The van der Waals surface area contributed by atoms with Crippen LogP contribution in [0.5, 0.6) is 0 Å². The number of carbonyl (C=O) groups is 2. The van der Waals surface area contributed by atoms with Crippen molar-refractivity contribution in [2.24, 2.45) is 11.7 Å². The van der Waals surface area contributed by atoms with Crippen LogP contribution in [0.4, 0.5) is 17.6 Å². The molecule has 3 rings (SSSR count). The molecule has 5 nitrogen and oxygen atoms in total. The molecule has 2 aromatic rings. The number of carbonyl (C=O) groups excluding carboxylic acids is 2. The van der Waals surface area contributed by atoms with Crippen molar-refractivity contribution in [2.45, 2.75) is 18.6 Å². The van der Waals surface area contributed by atoms with E-state index in [1.54, 1.807) is 0 Å². The molecule has 2 amide bonds. The molecule has 1 aromatic carbocycles. The van der Waals surface area contributed by atoms with Crippen molar-refractivity contribution < 1.29 is 27.2 Å². The van der Waals surface area contributed by atoms with E-state index in [9.17, 15) is 27.2 Å². The van der Waals surface area contributed by atoms with Crippen LogP contribution < -0.4 is 5.73 Å². The zero-order valence-corrected chi connectivity index (χ0v) is 16.0. The van der Waals surface area contributed by atoms with Crippen molar-refractivity contribution in [2.75, 3.05) is 6.54 Å². The normalized spacial score (nSPS) is 18.2. The maximum Gasteiger partial charge on any atom is 0.434 e. The van der Waals surface area contributed by atoms with Gasteiger partial charge < -0.3 is 10.6 Å². The van der Waals surface area contributed by atoms with E-state index in [-0.39, 0.29) is 29.2 Å².